The Hall–Kier alpha value is -0.660. The molecule has 0 aliphatic carbocycles. The molecule has 0 N–H and O–H groups in total. The molecule has 0 radical (unpaired) electrons. The molecule has 1 atom stereocenters. The summed E-state index contributed by atoms with van der Waals surface area (Å²) in [7, 11) is 0. The summed E-state index contributed by atoms with van der Waals surface area (Å²) in [5.41, 5.74) is 0. The summed E-state index contributed by atoms with van der Waals surface area (Å²) in [6.45, 7) is 9.48. The molecular weight excluding hydrogens is 496 g/mol. The third-order valence-corrected chi connectivity index (χ3v) is 9.57. The van der Waals surface area contributed by atoms with Crippen molar-refractivity contribution in [2.75, 3.05) is 13.1 Å². The highest BCUT2D eigenvalue weighted by Gasteiger charge is 2.24. The first-order chi connectivity index (χ1) is 20.3. The number of nitrogens with zero attached hydrogens (tertiary/aromatic N) is 2. The van der Waals surface area contributed by atoms with Crippen LogP contribution in [0.1, 0.15) is 220 Å². The number of rotatable bonds is 33. The zero-order valence-electron chi connectivity index (χ0n) is 29.0. The minimum Gasteiger partial charge on any atom is -0.356 e. The lowest BCUT2D eigenvalue weighted by molar-refractivity contribution is 0.135. The van der Waals surface area contributed by atoms with Crippen LogP contribution in [0.15, 0.2) is 12.4 Å². The van der Waals surface area contributed by atoms with Crippen LogP contribution in [0, 0.1) is 0 Å². The van der Waals surface area contributed by atoms with Gasteiger partial charge < -0.3 is 9.80 Å². The van der Waals surface area contributed by atoms with Crippen molar-refractivity contribution in [2.24, 2.45) is 0 Å². The molecule has 0 bridgehead atoms. The molecule has 0 spiro atoms. The third kappa shape index (κ3) is 23.5. The van der Waals surface area contributed by atoms with Gasteiger partial charge in [0.1, 0.15) is 6.17 Å². The van der Waals surface area contributed by atoms with Gasteiger partial charge in [-0.3, -0.25) is 0 Å². The molecule has 1 heterocycles. The molecule has 0 aromatic carbocycles. The van der Waals surface area contributed by atoms with E-state index in [0.717, 1.165) is 0 Å². The standard InChI is InChI=1S/C39H78N2/c1-4-7-10-13-15-17-18-19-20-21-22-23-24-26-28-30-33-36-41-38-37-40(39(41)34-31-12-9-6-3)35-32-29-27-25-16-14-11-8-5-2/h37-39H,4-36H2,1-3H3. The Kier molecular flexibility index (Phi) is 28.8. The van der Waals surface area contributed by atoms with Crippen LogP contribution < -0.4 is 0 Å². The quantitative estimate of drug-likeness (QED) is 0.0719. The van der Waals surface area contributed by atoms with Crippen molar-refractivity contribution >= 4 is 0 Å². The highest BCUT2D eigenvalue weighted by Crippen LogP contribution is 2.24. The first-order valence-corrected chi connectivity index (χ1v) is 19.5. The maximum Gasteiger partial charge on any atom is 0.101 e. The molecule has 0 aromatic rings. The second-order valence-corrected chi connectivity index (χ2v) is 13.6. The topological polar surface area (TPSA) is 6.48 Å². The fourth-order valence-corrected chi connectivity index (χ4v) is 6.72. The zero-order chi connectivity index (χ0) is 29.5. The highest BCUT2D eigenvalue weighted by molar-refractivity contribution is 4.97. The van der Waals surface area contributed by atoms with Crippen molar-refractivity contribution in [3.63, 3.8) is 0 Å². The van der Waals surface area contributed by atoms with Crippen LogP contribution in [-0.4, -0.2) is 29.1 Å². The first-order valence-electron chi connectivity index (χ1n) is 19.5. The third-order valence-electron chi connectivity index (χ3n) is 9.57. The van der Waals surface area contributed by atoms with E-state index in [9.17, 15) is 0 Å². The van der Waals surface area contributed by atoms with E-state index in [0.29, 0.717) is 6.17 Å². The number of unbranched alkanes of at least 4 members (excludes halogenated alkanes) is 27. The Morgan fingerprint density at radius 1 is 0.317 bits per heavy atom. The monoisotopic (exact) mass is 575 g/mol. The molecular formula is C39H78N2. The Bertz CT molecular complexity index is 530. The summed E-state index contributed by atoms with van der Waals surface area (Å²) >= 11 is 0. The smallest absolute Gasteiger partial charge is 0.101 e. The summed E-state index contributed by atoms with van der Waals surface area (Å²) in [6.07, 6.45) is 50.0. The molecule has 0 amide bonds. The van der Waals surface area contributed by atoms with Gasteiger partial charge in [0.05, 0.1) is 0 Å². The average Bonchev–Trinajstić information content (AvgIpc) is 3.37. The molecule has 1 aliphatic rings. The van der Waals surface area contributed by atoms with Gasteiger partial charge in [0, 0.05) is 25.5 Å². The van der Waals surface area contributed by atoms with Gasteiger partial charge in [0.25, 0.3) is 0 Å². The molecule has 244 valence electrons. The normalized spacial score (nSPS) is 15.0. The van der Waals surface area contributed by atoms with Gasteiger partial charge in [-0.1, -0.05) is 194 Å². The van der Waals surface area contributed by atoms with Gasteiger partial charge in [-0.15, -0.1) is 0 Å². The van der Waals surface area contributed by atoms with Crippen LogP contribution in [0.25, 0.3) is 0 Å². The minimum absolute atomic E-state index is 0.641. The van der Waals surface area contributed by atoms with Crippen LogP contribution in [0.5, 0.6) is 0 Å². The highest BCUT2D eigenvalue weighted by atomic mass is 15.4. The predicted octanol–water partition coefficient (Wildman–Crippen LogP) is 13.6. The van der Waals surface area contributed by atoms with Crippen LogP contribution in [-0.2, 0) is 0 Å². The van der Waals surface area contributed by atoms with Gasteiger partial charge in [-0.25, -0.2) is 0 Å². The van der Waals surface area contributed by atoms with Crippen molar-refractivity contribution < 1.29 is 0 Å². The Labute approximate surface area is 260 Å². The molecule has 0 aromatic heterocycles. The van der Waals surface area contributed by atoms with E-state index in [-0.39, 0.29) is 0 Å². The van der Waals surface area contributed by atoms with Crippen LogP contribution in [0.4, 0.5) is 0 Å². The summed E-state index contributed by atoms with van der Waals surface area (Å²) in [5, 5.41) is 0. The van der Waals surface area contributed by atoms with Gasteiger partial charge in [0.15, 0.2) is 0 Å². The van der Waals surface area contributed by atoms with Gasteiger partial charge in [-0.2, -0.15) is 0 Å². The summed E-state index contributed by atoms with van der Waals surface area (Å²) in [5.74, 6) is 0. The average molecular weight is 575 g/mol. The van der Waals surface area contributed by atoms with E-state index in [2.05, 4.69) is 43.0 Å². The van der Waals surface area contributed by atoms with E-state index >= 15 is 0 Å². The van der Waals surface area contributed by atoms with Gasteiger partial charge >= 0.3 is 0 Å². The predicted molar refractivity (Wildman–Crippen MR) is 186 cm³/mol. The van der Waals surface area contributed by atoms with Crippen molar-refractivity contribution in [1.29, 1.82) is 0 Å². The zero-order valence-corrected chi connectivity index (χ0v) is 29.0. The van der Waals surface area contributed by atoms with E-state index < -0.39 is 0 Å². The Balaban J connectivity index is 2.05. The summed E-state index contributed by atoms with van der Waals surface area (Å²) in [4.78, 5) is 5.39. The van der Waals surface area contributed by atoms with E-state index in [1.54, 1.807) is 0 Å². The molecule has 0 fully saturated rings. The van der Waals surface area contributed by atoms with Crippen LogP contribution in [0.3, 0.4) is 0 Å². The SMILES string of the molecule is CCCCCCCCCCCCCCCCCCCN1C=CN(CCCCCCCCCCC)C1CCCCCC. The molecule has 2 heteroatoms. The van der Waals surface area contributed by atoms with Crippen molar-refractivity contribution in [2.45, 2.75) is 226 Å². The van der Waals surface area contributed by atoms with E-state index in [4.69, 9.17) is 0 Å². The largest absolute Gasteiger partial charge is 0.356 e. The number of hydrogen-bond acceptors (Lipinski definition) is 2. The fourth-order valence-electron chi connectivity index (χ4n) is 6.72. The van der Waals surface area contributed by atoms with Crippen molar-refractivity contribution in [3.05, 3.63) is 12.4 Å². The molecule has 1 rings (SSSR count). The minimum atomic E-state index is 0.641. The van der Waals surface area contributed by atoms with Crippen LogP contribution >= 0.6 is 0 Å². The second-order valence-electron chi connectivity index (χ2n) is 13.6. The number of hydrogen-bond donors (Lipinski definition) is 0. The van der Waals surface area contributed by atoms with Crippen LogP contribution in [0.2, 0.25) is 0 Å². The maximum atomic E-state index is 2.70. The van der Waals surface area contributed by atoms with E-state index in [1.807, 2.05) is 0 Å². The Morgan fingerprint density at radius 3 is 0.854 bits per heavy atom. The molecule has 2 nitrogen and oxygen atoms in total. The molecule has 41 heavy (non-hydrogen) atoms. The molecule has 1 aliphatic heterocycles. The molecule has 0 saturated carbocycles. The maximum absolute atomic E-state index is 2.70. The van der Waals surface area contributed by atoms with Gasteiger partial charge in [0.2, 0.25) is 0 Å². The summed E-state index contributed by atoms with van der Waals surface area (Å²) in [6, 6.07) is 0. The molecule has 1 unspecified atom stereocenters. The van der Waals surface area contributed by atoms with Gasteiger partial charge in [-0.05, 0) is 25.7 Å². The first kappa shape index (κ1) is 38.4. The second kappa shape index (κ2) is 30.8. The molecule has 0 saturated heterocycles. The van der Waals surface area contributed by atoms with E-state index in [1.165, 1.54) is 212 Å². The fraction of sp³-hybridized carbons (Fsp3) is 0.949. The lowest BCUT2D eigenvalue weighted by Crippen LogP contribution is -2.39. The summed E-state index contributed by atoms with van der Waals surface area (Å²) < 4.78 is 0. The lowest BCUT2D eigenvalue weighted by Gasteiger charge is -2.33. The van der Waals surface area contributed by atoms with Crippen molar-refractivity contribution in [1.82, 2.24) is 9.80 Å². The lowest BCUT2D eigenvalue weighted by atomic mass is 10.0. The van der Waals surface area contributed by atoms with Crippen molar-refractivity contribution in [3.8, 4) is 0 Å². The Morgan fingerprint density at radius 2 is 0.561 bits per heavy atom.